The molecule has 2 heterocycles. The van der Waals surface area contributed by atoms with Gasteiger partial charge in [-0.1, -0.05) is 29.0 Å². The van der Waals surface area contributed by atoms with Crippen LogP contribution in [0.1, 0.15) is 6.92 Å². The third kappa shape index (κ3) is 3.11. The van der Waals surface area contributed by atoms with Crippen molar-refractivity contribution in [2.24, 2.45) is 0 Å². The number of aromatic nitrogens is 2. The highest BCUT2D eigenvalue weighted by Gasteiger charge is 2.15. The van der Waals surface area contributed by atoms with Gasteiger partial charge >= 0.3 is 0 Å². The molecule has 1 aromatic rings. The third-order valence-corrected chi connectivity index (χ3v) is 4.12. The zero-order chi connectivity index (χ0) is 11.2. The lowest BCUT2D eigenvalue weighted by Gasteiger charge is -2.25. The van der Waals surface area contributed by atoms with Gasteiger partial charge < -0.3 is 9.64 Å². The minimum absolute atomic E-state index is 0.781. The fourth-order valence-corrected chi connectivity index (χ4v) is 3.02. The molecule has 0 aromatic carbocycles. The number of hydrogen-bond donors (Lipinski definition) is 0. The fraction of sp³-hybridized carbons (Fsp3) is 0.600. The zero-order valence-electron chi connectivity index (χ0n) is 9.10. The van der Waals surface area contributed by atoms with E-state index < -0.39 is 0 Å². The van der Waals surface area contributed by atoms with E-state index in [2.05, 4.69) is 26.9 Å². The van der Waals surface area contributed by atoms with Gasteiger partial charge in [-0.25, -0.2) is 0 Å². The van der Waals surface area contributed by atoms with Crippen molar-refractivity contribution in [3.8, 4) is 11.8 Å². The summed E-state index contributed by atoms with van der Waals surface area (Å²) in [5.74, 6) is 6.66. The molecule has 6 heteroatoms. The van der Waals surface area contributed by atoms with Crippen molar-refractivity contribution >= 4 is 28.2 Å². The Kier molecular flexibility index (Phi) is 4.45. The minimum Gasteiger partial charge on any atom is -0.378 e. The maximum Gasteiger partial charge on any atom is 0.209 e. The first-order valence-electron chi connectivity index (χ1n) is 5.09. The highest BCUT2D eigenvalue weighted by Crippen LogP contribution is 2.27. The van der Waals surface area contributed by atoms with E-state index in [0.29, 0.717) is 0 Å². The molecule has 0 amide bonds. The average molecular weight is 255 g/mol. The average Bonchev–Trinajstić information content (AvgIpc) is 2.79. The Hall–Kier alpha value is -0.770. The van der Waals surface area contributed by atoms with Gasteiger partial charge in [0.1, 0.15) is 0 Å². The number of ether oxygens (including phenoxy) is 1. The molecular weight excluding hydrogens is 242 g/mol. The van der Waals surface area contributed by atoms with E-state index >= 15 is 0 Å². The molecule has 0 aliphatic carbocycles. The standard InChI is InChI=1S/C10H13N3OS2/c1-2-3-8-15-10-12-11-9(16-10)13-4-6-14-7-5-13/h4-8H2,1H3. The summed E-state index contributed by atoms with van der Waals surface area (Å²) >= 11 is 3.28. The molecule has 1 fully saturated rings. The highest BCUT2D eigenvalue weighted by atomic mass is 32.2. The van der Waals surface area contributed by atoms with Gasteiger partial charge in [0.25, 0.3) is 0 Å². The van der Waals surface area contributed by atoms with E-state index in [-0.39, 0.29) is 0 Å². The SMILES string of the molecule is CC#CCSc1nnc(N2CCOCC2)s1. The second-order valence-electron chi connectivity index (χ2n) is 3.17. The van der Waals surface area contributed by atoms with Gasteiger partial charge in [-0.2, -0.15) is 0 Å². The summed E-state index contributed by atoms with van der Waals surface area (Å²) in [5.41, 5.74) is 0. The monoisotopic (exact) mass is 255 g/mol. The lowest BCUT2D eigenvalue weighted by molar-refractivity contribution is 0.122. The van der Waals surface area contributed by atoms with Crippen LogP contribution in [0.15, 0.2) is 4.34 Å². The first-order chi connectivity index (χ1) is 7.90. The number of rotatable bonds is 3. The Labute approximate surface area is 103 Å². The van der Waals surface area contributed by atoms with Crippen LogP contribution in [0, 0.1) is 11.8 Å². The van der Waals surface area contributed by atoms with Crippen molar-refractivity contribution in [1.82, 2.24) is 10.2 Å². The van der Waals surface area contributed by atoms with Crippen molar-refractivity contribution in [3.63, 3.8) is 0 Å². The Morgan fingerprint density at radius 3 is 3.00 bits per heavy atom. The quantitative estimate of drug-likeness (QED) is 0.604. The van der Waals surface area contributed by atoms with Crippen LogP contribution in [-0.2, 0) is 4.74 Å². The Morgan fingerprint density at radius 2 is 2.25 bits per heavy atom. The van der Waals surface area contributed by atoms with Gasteiger partial charge in [0, 0.05) is 13.1 Å². The van der Waals surface area contributed by atoms with E-state index in [1.54, 1.807) is 23.1 Å². The third-order valence-electron chi connectivity index (χ3n) is 2.12. The fourth-order valence-electron chi connectivity index (χ4n) is 1.31. The molecule has 0 N–H and O–H groups in total. The number of nitrogens with zero attached hydrogens (tertiary/aromatic N) is 3. The molecule has 0 spiro atoms. The van der Waals surface area contributed by atoms with Crippen molar-refractivity contribution in [2.45, 2.75) is 11.3 Å². The van der Waals surface area contributed by atoms with Crippen LogP contribution in [-0.4, -0.2) is 42.3 Å². The van der Waals surface area contributed by atoms with Crippen molar-refractivity contribution in [1.29, 1.82) is 0 Å². The summed E-state index contributed by atoms with van der Waals surface area (Å²) in [6.45, 7) is 5.23. The first kappa shape index (κ1) is 11.7. The summed E-state index contributed by atoms with van der Waals surface area (Å²) in [6.07, 6.45) is 0. The van der Waals surface area contributed by atoms with Crippen LogP contribution in [0.3, 0.4) is 0 Å². The van der Waals surface area contributed by atoms with Crippen molar-refractivity contribution in [3.05, 3.63) is 0 Å². The number of anilines is 1. The van der Waals surface area contributed by atoms with Crippen molar-refractivity contribution in [2.75, 3.05) is 37.0 Å². The van der Waals surface area contributed by atoms with Gasteiger partial charge in [0.2, 0.25) is 5.13 Å². The first-order valence-corrected chi connectivity index (χ1v) is 6.89. The molecule has 16 heavy (non-hydrogen) atoms. The highest BCUT2D eigenvalue weighted by molar-refractivity contribution is 8.01. The molecule has 1 saturated heterocycles. The molecule has 4 nitrogen and oxygen atoms in total. The van der Waals surface area contributed by atoms with Crippen LogP contribution in [0.5, 0.6) is 0 Å². The minimum atomic E-state index is 0.781. The summed E-state index contributed by atoms with van der Waals surface area (Å²) in [6, 6.07) is 0. The van der Waals surface area contributed by atoms with Gasteiger partial charge in [-0.3, -0.25) is 0 Å². The topological polar surface area (TPSA) is 38.2 Å². The Balaban J connectivity index is 1.92. The largest absolute Gasteiger partial charge is 0.378 e. The molecule has 0 atom stereocenters. The number of morpholine rings is 1. The van der Waals surface area contributed by atoms with Crippen molar-refractivity contribution < 1.29 is 4.74 Å². The Morgan fingerprint density at radius 1 is 1.44 bits per heavy atom. The summed E-state index contributed by atoms with van der Waals surface area (Å²) in [4.78, 5) is 2.22. The summed E-state index contributed by atoms with van der Waals surface area (Å²) in [5, 5.41) is 9.33. The molecule has 0 radical (unpaired) electrons. The Bertz CT molecular complexity index is 390. The van der Waals surface area contributed by atoms with Crippen LogP contribution >= 0.6 is 23.1 Å². The van der Waals surface area contributed by atoms with E-state index in [0.717, 1.165) is 41.5 Å². The maximum atomic E-state index is 5.30. The van der Waals surface area contributed by atoms with Crippen LogP contribution in [0.2, 0.25) is 0 Å². The molecular formula is C10H13N3OS2. The molecule has 1 aliphatic heterocycles. The van der Waals surface area contributed by atoms with Gasteiger partial charge in [-0.15, -0.1) is 16.1 Å². The molecule has 86 valence electrons. The second kappa shape index (κ2) is 6.09. The summed E-state index contributed by atoms with van der Waals surface area (Å²) in [7, 11) is 0. The number of hydrogen-bond acceptors (Lipinski definition) is 6. The molecule has 1 aromatic heterocycles. The van der Waals surface area contributed by atoms with Gasteiger partial charge in [-0.05, 0) is 6.92 Å². The lowest BCUT2D eigenvalue weighted by Crippen LogP contribution is -2.36. The van der Waals surface area contributed by atoms with Crippen LogP contribution in [0.25, 0.3) is 0 Å². The van der Waals surface area contributed by atoms with E-state index in [1.807, 2.05) is 6.92 Å². The smallest absolute Gasteiger partial charge is 0.209 e. The van der Waals surface area contributed by atoms with Crippen LogP contribution < -0.4 is 4.90 Å². The molecule has 2 rings (SSSR count). The second-order valence-corrected chi connectivity index (χ2v) is 5.34. The van der Waals surface area contributed by atoms with E-state index in [9.17, 15) is 0 Å². The predicted octanol–water partition coefficient (Wildman–Crippen LogP) is 1.49. The van der Waals surface area contributed by atoms with Gasteiger partial charge in [0.05, 0.1) is 19.0 Å². The molecule has 0 unspecified atom stereocenters. The predicted molar refractivity (Wildman–Crippen MR) is 67.1 cm³/mol. The molecule has 0 bridgehead atoms. The van der Waals surface area contributed by atoms with Gasteiger partial charge in [0.15, 0.2) is 4.34 Å². The normalized spacial score (nSPS) is 15.7. The maximum absolute atomic E-state index is 5.30. The number of thioether (sulfide) groups is 1. The van der Waals surface area contributed by atoms with E-state index in [1.165, 1.54) is 0 Å². The van der Waals surface area contributed by atoms with Crippen LogP contribution in [0.4, 0.5) is 5.13 Å². The molecule has 1 aliphatic rings. The van der Waals surface area contributed by atoms with E-state index in [4.69, 9.17) is 4.74 Å². The lowest BCUT2D eigenvalue weighted by atomic mass is 10.5. The molecule has 0 saturated carbocycles. The summed E-state index contributed by atoms with van der Waals surface area (Å²) < 4.78 is 6.29. The zero-order valence-corrected chi connectivity index (χ0v) is 10.7.